The van der Waals surface area contributed by atoms with E-state index in [2.05, 4.69) is 24.0 Å². The van der Waals surface area contributed by atoms with Crippen LogP contribution in [0.3, 0.4) is 0 Å². The Morgan fingerprint density at radius 1 is 1.59 bits per heavy atom. The highest BCUT2D eigenvalue weighted by molar-refractivity contribution is 5.70. The number of carboxylic acid groups (broad SMARTS) is 1. The van der Waals surface area contributed by atoms with E-state index in [-0.39, 0.29) is 11.8 Å². The molecule has 5 heteroatoms. The topological polar surface area (TPSA) is 76.2 Å². The van der Waals surface area contributed by atoms with Crippen molar-refractivity contribution in [2.75, 3.05) is 0 Å². The molecule has 1 saturated carbocycles. The first-order valence-corrected chi connectivity index (χ1v) is 6.18. The van der Waals surface area contributed by atoms with Crippen LogP contribution < -0.4 is 0 Å². The lowest BCUT2D eigenvalue weighted by Gasteiger charge is -2.03. The van der Waals surface area contributed by atoms with Crippen LogP contribution in [0.1, 0.15) is 63.1 Å². The smallest absolute Gasteiger partial charge is 0.306 e. The highest BCUT2D eigenvalue weighted by atomic mass is 16.5. The average molecular weight is 238 g/mol. The second kappa shape index (κ2) is 4.85. The Bertz CT molecular complexity index is 402. The number of aliphatic carboxylic acids is 1. The van der Waals surface area contributed by atoms with Gasteiger partial charge in [0, 0.05) is 11.8 Å². The van der Waals surface area contributed by atoms with Crippen molar-refractivity contribution in [1.29, 1.82) is 0 Å². The first-order chi connectivity index (χ1) is 8.11. The van der Waals surface area contributed by atoms with Gasteiger partial charge in [-0.15, -0.1) is 0 Å². The lowest BCUT2D eigenvalue weighted by molar-refractivity contribution is -0.141. The second-order valence-corrected chi connectivity index (χ2v) is 4.85. The number of nitrogens with zero attached hydrogens (tertiary/aromatic N) is 2. The van der Waals surface area contributed by atoms with E-state index in [1.165, 1.54) is 0 Å². The van der Waals surface area contributed by atoms with Gasteiger partial charge in [0.05, 0.1) is 5.92 Å². The van der Waals surface area contributed by atoms with Crippen LogP contribution in [-0.4, -0.2) is 21.2 Å². The third-order valence-corrected chi connectivity index (χ3v) is 3.64. The molecule has 3 atom stereocenters. The molecule has 2 rings (SSSR count). The van der Waals surface area contributed by atoms with Crippen LogP contribution in [0.25, 0.3) is 0 Å². The highest BCUT2D eigenvalue weighted by Gasteiger charge is 2.33. The molecule has 0 bridgehead atoms. The van der Waals surface area contributed by atoms with Gasteiger partial charge in [0.1, 0.15) is 0 Å². The van der Waals surface area contributed by atoms with Crippen molar-refractivity contribution in [3.8, 4) is 0 Å². The maximum atomic E-state index is 10.9. The second-order valence-electron chi connectivity index (χ2n) is 4.85. The fourth-order valence-corrected chi connectivity index (χ4v) is 2.23. The molecule has 1 aromatic heterocycles. The molecular formula is C12H18N2O3. The van der Waals surface area contributed by atoms with E-state index in [9.17, 15) is 4.79 Å². The molecule has 1 fully saturated rings. The molecule has 1 aromatic rings. The quantitative estimate of drug-likeness (QED) is 0.872. The molecule has 3 unspecified atom stereocenters. The standard InChI is InChI=1S/C12H18N2O3/c1-3-7(2)10-13-11(17-14-10)8-4-5-9(6-8)12(15)16/h7-9H,3-6H2,1-2H3,(H,15,16). The van der Waals surface area contributed by atoms with Gasteiger partial charge in [0.25, 0.3) is 0 Å². The van der Waals surface area contributed by atoms with Gasteiger partial charge in [-0.25, -0.2) is 0 Å². The minimum atomic E-state index is -0.714. The molecule has 1 aliphatic rings. The molecule has 1 heterocycles. The summed E-state index contributed by atoms with van der Waals surface area (Å²) in [5.74, 6) is 0.809. The first kappa shape index (κ1) is 12.1. The Morgan fingerprint density at radius 2 is 2.35 bits per heavy atom. The van der Waals surface area contributed by atoms with E-state index in [0.717, 1.165) is 18.7 Å². The molecule has 1 aliphatic carbocycles. The van der Waals surface area contributed by atoms with Crippen molar-refractivity contribution in [1.82, 2.24) is 10.1 Å². The summed E-state index contributed by atoms with van der Waals surface area (Å²) in [5.41, 5.74) is 0. The van der Waals surface area contributed by atoms with Gasteiger partial charge in [-0.3, -0.25) is 4.79 Å². The minimum Gasteiger partial charge on any atom is -0.481 e. The van der Waals surface area contributed by atoms with E-state index in [1.807, 2.05) is 0 Å². The van der Waals surface area contributed by atoms with Crippen molar-refractivity contribution in [2.24, 2.45) is 5.92 Å². The molecule has 94 valence electrons. The molecular weight excluding hydrogens is 220 g/mol. The lowest BCUT2D eigenvalue weighted by Crippen LogP contribution is -2.09. The largest absolute Gasteiger partial charge is 0.481 e. The molecule has 0 aliphatic heterocycles. The summed E-state index contributed by atoms with van der Waals surface area (Å²) in [7, 11) is 0. The van der Waals surface area contributed by atoms with E-state index >= 15 is 0 Å². The number of aromatic nitrogens is 2. The van der Waals surface area contributed by atoms with Crippen molar-refractivity contribution < 1.29 is 14.4 Å². The SMILES string of the molecule is CCC(C)c1noc(C2CCC(C(=O)O)C2)n1. The zero-order valence-corrected chi connectivity index (χ0v) is 10.2. The molecule has 0 aromatic carbocycles. The van der Waals surface area contributed by atoms with Crippen molar-refractivity contribution in [3.63, 3.8) is 0 Å². The van der Waals surface area contributed by atoms with E-state index in [4.69, 9.17) is 9.63 Å². The van der Waals surface area contributed by atoms with Gasteiger partial charge < -0.3 is 9.63 Å². The van der Waals surface area contributed by atoms with Gasteiger partial charge in [-0.05, 0) is 25.7 Å². The van der Waals surface area contributed by atoms with Gasteiger partial charge >= 0.3 is 5.97 Å². The maximum Gasteiger partial charge on any atom is 0.306 e. The Balaban J connectivity index is 2.04. The fraction of sp³-hybridized carbons (Fsp3) is 0.750. The van der Waals surface area contributed by atoms with Crippen LogP contribution in [0, 0.1) is 5.92 Å². The third kappa shape index (κ3) is 2.48. The van der Waals surface area contributed by atoms with E-state index in [1.54, 1.807) is 0 Å². The molecule has 0 radical (unpaired) electrons. The zero-order chi connectivity index (χ0) is 12.4. The van der Waals surface area contributed by atoms with Gasteiger partial charge in [-0.1, -0.05) is 19.0 Å². The van der Waals surface area contributed by atoms with Crippen molar-refractivity contribution >= 4 is 5.97 Å². The first-order valence-electron chi connectivity index (χ1n) is 6.18. The van der Waals surface area contributed by atoms with Crippen LogP contribution in [-0.2, 0) is 4.79 Å². The Morgan fingerprint density at radius 3 is 2.94 bits per heavy atom. The summed E-state index contributed by atoms with van der Waals surface area (Å²) in [6.07, 6.45) is 3.14. The third-order valence-electron chi connectivity index (χ3n) is 3.64. The summed E-state index contributed by atoms with van der Waals surface area (Å²) in [6, 6.07) is 0. The Labute approximate surface area is 100 Å². The fourth-order valence-electron chi connectivity index (χ4n) is 2.23. The maximum absolute atomic E-state index is 10.9. The summed E-state index contributed by atoms with van der Waals surface area (Å²) in [6.45, 7) is 4.14. The summed E-state index contributed by atoms with van der Waals surface area (Å²) >= 11 is 0. The molecule has 17 heavy (non-hydrogen) atoms. The predicted molar refractivity (Wildman–Crippen MR) is 60.7 cm³/mol. The number of hydrogen-bond donors (Lipinski definition) is 1. The van der Waals surface area contributed by atoms with Crippen molar-refractivity contribution in [3.05, 3.63) is 11.7 Å². The van der Waals surface area contributed by atoms with Gasteiger partial charge in [-0.2, -0.15) is 4.98 Å². The van der Waals surface area contributed by atoms with Crippen LogP contribution in [0.5, 0.6) is 0 Å². The average Bonchev–Trinajstić information content (AvgIpc) is 2.95. The van der Waals surface area contributed by atoms with E-state index < -0.39 is 5.97 Å². The van der Waals surface area contributed by atoms with Crippen LogP contribution in [0.2, 0.25) is 0 Å². The Hall–Kier alpha value is -1.39. The molecule has 1 N–H and O–H groups in total. The number of carbonyl (C=O) groups is 1. The minimum absolute atomic E-state index is 0.126. The predicted octanol–water partition coefficient (Wildman–Crippen LogP) is 2.55. The van der Waals surface area contributed by atoms with Gasteiger partial charge in [0.15, 0.2) is 5.82 Å². The van der Waals surface area contributed by atoms with Crippen LogP contribution in [0.4, 0.5) is 0 Å². The zero-order valence-electron chi connectivity index (χ0n) is 10.2. The highest BCUT2D eigenvalue weighted by Crippen LogP contribution is 2.37. The van der Waals surface area contributed by atoms with Crippen molar-refractivity contribution in [2.45, 2.75) is 51.4 Å². The van der Waals surface area contributed by atoms with E-state index in [0.29, 0.717) is 24.7 Å². The lowest BCUT2D eigenvalue weighted by atomic mass is 10.1. The van der Waals surface area contributed by atoms with Crippen LogP contribution >= 0.6 is 0 Å². The number of hydrogen-bond acceptors (Lipinski definition) is 4. The molecule has 5 nitrogen and oxygen atoms in total. The monoisotopic (exact) mass is 238 g/mol. The van der Waals surface area contributed by atoms with Gasteiger partial charge in [0.2, 0.25) is 5.89 Å². The molecule has 0 spiro atoms. The summed E-state index contributed by atoms with van der Waals surface area (Å²) < 4.78 is 5.25. The number of carboxylic acids is 1. The normalized spacial score (nSPS) is 26.0. The molecule has 0 saturated heterocycles. The van der Waals surface area contributed by atoms with Crippen LogP contribution in [0.15, 0.2) is 4.52 Å². The molecule has 0 amide bonds. The Kier molecular flexibility index (Phi) is 3.45. The summed E-state index contributed by atoms with van der Waals surface area (Å²) in [5, 5.41) is 12.9. The number of rotatable bonds is 4. The summed E-state index contributed by atoms with van der Waals surface area (Å²) in [4.78, 5) is 15.3.